The molecule has 0 bridgehead atoms. The quantitative estimate of drug-likeness (QED) is 0.541. The Kier molecular flexibility index (Phi) is 4.23. The Labute approximate surface area is 140 Å². The van der Waals surface area contributed by atoms with Gasteiger partial charge in [-0.2, -0.15) is 0 Å². The van der Waals surface area contributed by atoms with Gasteiger partial charge >= 0.3 is 0 Å². The van der Waals surface area contributed by atoms with Crippen LogP contribution in [0, 0.1) is 20.2 Å². The highest BCUT2D eigenvalue weighted by Gasteiger charge is 2.18. The summed E-state index contributed by atoms with van der Waals surface area (Å²) in [4.78, 5) is 27.6. The first-order valence-electron chi connectivity index (χ1n) is 7.18. The number of H-pyrrole nitrogens is 1. The zero-order valence-electron chi connectivity index (χ0n) is 12.7. The third-order valence-corrected chi connectivity index (χ3v) is 3.62. The molecule has 0 spiro atoms. The first-order valence-corrected chi connectivity index (χ1v) is 7.18. The van der Waals surface area contributed by atoms with E-state index in [1.54, 1.807) is 18.2 Å². The number of aromatic nitrogens is 2. The molecule has 1 atom stereocenters. The zero-order valence-corrected chi connectivity index (χ0v) is 12.7. The minimum atomic E-state index is -1.19. The molecule has 0 aliphatic carbocycles. The van der Waals surface area contributed by atoms with Gasteiger partial charge in [-0.1, -0.05) is 24.3 Å². The molecule has 0 aliphatic rings. The van der Waals surface area contributed by atoms with Crippen molar-refractivity contribution in [1.29, 1.82) is 0 Å². The summed E-state index contributed by atoms with van der Waals surface area (Å²) in [5.74, 6) is 0.182. The average molecular weight is 340 g/mol. The van der Waals surface area contributed by atoms with E-state index in [1.165, 1.54) is 36.5 Å². The van der Waals surface area contributed by atoms with Crippen LogP contribution in [0.2, 0.25) is 0 Å². The third kappa shape index (κ3) is 3.35. The van der Waals surface area contributed by atoms with Crippen LogP contribution in [-0.4, -0.2) is 24.9 Å². The Bertz CT molecular complexity index is 953. The standard InChI is InChI=1S/C16H12N4O5/c21-15(11-4-2-6-13(8-11)20(24)25)16-17-9-14(18-16)10-3-1-5-12(7-10)19(22)23/h1-9,15,21H,(H,17,18)/t15-/m1/s1. The van der Waals surface area contributed by atoms with Crippen molar-refractivity contribution in [2.24, 2.45) is 0 Å². The number of aliphatic hydroxyl groups excluding tert-OH is 1. The topological polar surface area (TPSA) is 135 Å². The van der Waals surface area contributed by atoms with E-state index in [2.05, 4.69) is 9.97 Å². The lowest BCUT2D eigenvalue weighted by Gasteiger charge is -2.07. The van der Waals surface area contributed by atoms with Crippen molar-refractivity contribution in [3.05, 3.63) is 86.3 Å². The number of hydrogen-bond acceptors (Lipinski definition) is 6. The second-order valence-electron chi connectivity index (χ2n) is 5.24. The number of rotatable bonds is 5. The fourth-order valence-electron chi connectivity index (χ4n) is 2.38. The van der Waals surface area contributed by atoms with Crippen molar-refractivity contribution in [2.45, 2.75) is 6.10 Å². The van der Waals surface area contributed by atoms with Crippen LogP contribution >= 0.6 is 0 Å². The van der Waals surface area contributed by atoms with Crippen LogP contribution in [0.1, 0.15) is 17.5 Å². The van der Waals surface area contributed by atoms with E-state index in [9.17, 15) is 25.3 Å². The Morgan fingerprint density at radius 2 is 1.64 bits per heavy atom. The van der Waals surface area contributed by atoms with Gasteiger partial charge in [0.1, 0.15) is 11.9 Å². The van der Waals surface area contributed by atoms with E-state index < -0.39 is 16.0 Å². The van der Waals surface area contributed by atoms with Crippen molar-refractivity contribution < 1.29 is 15.0 Å². The molecule has 0 radical (unpaired) electrons. The number of hydrogen-bond donors (Lipinski definition) is 2. The minimum Gasteiger partial charge on any atom is -0.380 e. The summed E-state index contributed by atoms with van der Waals surface area (Å²) in [6.45, 7) is 0. The van der Waals surface area contributed by atoms with Crippen LogP contribution in [0.4, 0.5) is 11.4 Å². The fraction of sp³-hybridized carbons (Fsp3) is 0.0625. The fourth-order valence-corrected chi connectivity index (χ4v) is 2.38. The van der Waals surface area contributed by atoms with Crippen molar-refractivity contribution in [3.8, 4) is 11.3 Å². The maximum atomic E-state index is 10.9. The van der Waals surface area contributed by atoms with E-state index in [1.807, 2.05) is 0 Å². The molecule has 9 heteroatoms. The molecule has 0 fully saturated rings. The molecule has 0 amide bonds. The first-order chi connectivity index (χ1) is 12.0. The number of nitro benzene ring substituents is 2. The van der Waals surface area contributed by atoms with Crippen LogP contribution < -0.4 is 0 Å². The summed E-state index contributed by atoms with van der Waals surface area (Å²) in [5.41, 5.74) is 1.14. The summed E-state index contributed by atoms with van der Waals surface area (Å²) in [6, 6.07) is 11.6. The highest BCUT2D eigenvalue weighted by molar-refractivity contribution is 5.62. The van der Waals surface area contributed by atoms with E-state index in [0.717, 1.165) is 0 Å². The number of nitrogens with zero attached hydrogens (tertiary/aromatic N) is 3. The highest BCUT2D eigenvalue weighted by atomic mass is 16.6. The second-order valence-corrected chi connectivity index (χ2v) is 5.24. The summed E-state index contributed by atoms with van der Waals surface area (Å²) in [6.07, 6.45) is 0.252. The van der Waals surface area contributed by atoms with E-state index in [-0.39, 0.29) is 17.2 Å². The smallest absolute Gasteiger partial charge is 0.270 e. The van der Waals surface area contributed by atoms with Gasteiger partial charge in [-0.25, -0.2) is 4.98 Å². The largest absolute Gasteiger partial charge is 0.380 e. The number of aliphatic hydroxyl groups is 1. The lowest BCUT2D eigenvalue weighted by Crippen LogP contribution is -2.02. The Balaban J connectivity index is 1.91. The van der Waals surface area contributed by atoms with Gasteiger partial charge in [-0.3, -0.25) is 20.2 Å². The molecule has 3 rings (SSSR count). The normalized spacial score (nSPS) is 11.9. The summed E-state index contributed by atoms with van der Waals surface area (Å²) < 4.78 is 0. The maximum Gasteiger partial charge on any atom is 0.270 e. The van der Waals surface area contributed by atoms with Gasteiger partial charge in [-0.05, 0) is 5.56 Å². The molecule has 9 nitrogen and oxygen atoms in total. The van der Waals surface area contributed by atoms with E-state index in [0.29, 0.717) is 16.8 Å². The number of nitro groups is 2. The molecule has 2 aromatic carbocycles. The second kappa shape index (κ2) is 6.49. The Hall–Kier alpha value is -3.59. The van der Waals surface area contributed by atoms with Crippen LogP contribution in [-0.2, 0) is 0 Å². The molecule has 1 aromatic heterocycles. The molecule has 1 heterocycles. The average Bonchev–Trinajstić information content (AvgIpc) is 3.11. The molecular formula is C16H12N4O5. The van der Waals surface area contributed by atoms with Gasteiger partial charge in [0.05, 0.1) is 21.7 Å². The van der Waals surface area contributed by atoms with Crippen molar-refractivity contribution >= 4 is 11.4 Å². The number of non-ortho nitro benzene ring substituents is 2. The van der Waals surface area contributed by atoms with Crippen LogP contribution in [0.5, 0.6) is 0 Å². The molecule has 126 valence electrons. The van der Waals surface area contributed by atoms with Gasteiger partial charge in [0.15, 0.2) is 0 Å². The third-order valence-electron chi connectivity index (χ3n) is 3.62. The molecular weight excluding hydrogens is 328 g/mol. The summed E-state index contributed by atoms with van der Waals surface area (Å²) >= 11 is 0. The first kappa shape index (κ1) is 16.3. The molecule has 3 aromatic rings. The number of benzene rings is 2. The van der Waals surface area contributed by atoms with E-state index >= 15 is 0 Å². The minimum absolute atomic E-state index is 0.0621. The number of aromatic amines is 1. The summed E-state index contributed by atoms with van der Waals surface area (Å²) in [5, 5.41) is 32.1. The zero-order chi connectivity index (χ0) is 18.0. The van der Waals surface area contributed by atoms with Crippen LogP contribution in [0.3, 0.4) is 0 Å². The van der Waals surface area contributed by atoms with Gasteiger partial charge in [0, 0.05) is 29.8 Å². The van der Waals surface area contributed by atoms with Crippen molar-refractivity contribution in [2.75, 3.05) is 0 Å². The molecule has 0 unspecified atom stereocenters. The molecule has 0 saturated carbocycles. The molecule has 0 saturated heterocycles. The predicted octanol–water partition coefficient (Wildman–Crippen LogP) is 2.97. The molecule has 2 N–H and O–H groups in total. The SMILES string of the molecule is O=[N+]([O-])c1cccc(-c2cnc([C@H](O)c3cccc([N+](=O)[O-])c3)[nH]2)c1. The van der Waals surface area contributed by atoms with Gasteiger partial charge < -0.3 is 10.1 Å². The Morgan fingerprint density at radius 1 is 1.00 bits per heavy atom. The summed E-state index contributed by atoms with van der Waals surface area (Å²) in [7, 11) is 0. The lowest BCUT2D eigenvalue weighted by atomic mass is 10.1. The van der Waals surface area contributed by atoms with Crippen molar-refractivity contribution in [3.63, 3.8) is 0 Å². The van der Waals surface area contributed by atoms with E-state index in [4.69, 9.17) is 0 Å². The van der Waals surface area contributed by atoms with Crippen LogP contribution in [0.15, 0.2) is 54.7 Å². The van der Waals surface area contributed by atoms with Crippen molar-refractivity contribution in [1.82, 2.24) is 9.97 Å². The number of nitrogens with one attached hydrogen (secondary N) is 1. The molecule has 25 heavy (non-hydrogen) atoms. The number of imidazole rings is 1. The van der Waals surface area contributed by atoms with Gasteiger partial charge in [0.25, 0.3) is 11.4 Å². The predicted molar refractivity (Wildman–Crippen MR) is 87.8 cm³/mol. The lowest BCUT2D eigenvalue weighted by molar-refractivity contribution is -0.385. The monoisotopic (exact) mass is 340 g/mol. The highest BCUT2D eigenvalue weighted by Crippen LogP contribution is 2.27. The van der Waals surface area contributed by atoms with Crippen LogP contribution in [0.25, 0.3) is 11.3 Å². The molecule has 0 aliphatic heterocycles. The maximum absolute atomic E-state index is 10.9. The van der Waals surface area contributed by atoms with Gasteiger partial charge in [-0.15, -0.1) is 0 Å². The Morgan fingerprint density at radius 3 is 2.32 bits per heavy atom. The van der Waals surface area contributed by atoms with Gasteiger partial charge in [0.2, 0.25) is 0 Å².